The van der Waals surface area contributed by atoms with Crippen LogP contribution in [-0.2, 0) is 18.4 Å². The second-order valence-electron chi connectivity index (χ2n) is 9.46. The lowest BCUT2D eigenvalue weighted by atomic mass is 9.95. The molecule has 0 radical (unpaired) electrons. The van der Waals surface area contributed by atoms with Gasteiger partial charge in [-0.05, 0) is 48.7 Å². The van der Waals surface area contributed by atoms with Crippen LogP contribution in [-0.4, -0.2) is 25.4 Å². The standard InChI is InChI=1S/C31H26FN7O2/c1-5-25(40)35-14-19-6-11-23(17(2)12-19)29-26(27-28(39(29)4)21(13-33)15-36-30(27)34)20-7-9-22(10-8-20)41-31-37-16-24(32)18(3)38-31/h5-12,15-16H,1,14H2,2-4H3,(H2,34,36)(H,35,40). The summed E-state index contributed by atoms with van der Waals surface area (Å²) in [6.07, 6.45) is 3.78. The zero-order chi connectivity index (χ0) is 29.3. The van der Waals surface area contributed by atoms with Crippen molar-refractivity contribution in [1.29, 1.82) is 5.26 Å². The van der Waals surface area contributed by atoms with E-state index in [-0.39, 0.29) is 17.6 Å². The number of aromatic nitrogens is 4. The summed E-state index contributed by atoms with van der Waals surface area (Å²) in [5.41, 5.74) is 13.0. The number of hydrogen-bond donors (Lipinski definition) is 2. The topological polar surface area (TPSA) is 132 Å². The number of nitrogens with one attached hydrogen (secondary N) is 1. The number of nitriles is 1. The van der Waals surface area contributed by atoms with E-state index in [1.165, 1.54) is 19.2 Å². The lowest BCUT2D eigenvalue weighted by molar-refractivity contribution is -0.116. The summed E-state index contributed by atoms with van der Waals surface area (Å²) in [6.45, 7) is 7.38. The van der Waals surface area contributed by atoms with Crippen LogP contribution in [0.1, 0.15) is 22.4 Å². The number of benzene rings is 2. The Morgan fingerprint density at radius 3 is 2.61 bits per heavy atom. The van der Waals surface area contributed by atoms with Gasteiger partial charge in [-0.15, -0.1) is 0 Å². The Morgan fingerprint density at radius 1 is 1.20 bits per heavy atom. The average molecular weight is 548 g/mol. The minimum Gasteiger partial charge on any atom is -0.424 e. The molecule has 0 atom stereocenters. The van der Waals surface area contributed by atoms with Crippen LogP contribution in [0.3, 0.4) is 0 Å². The van der Waals surface area contributed by atoms with Gasteiger partial charge in [-0.1, -0.05) is 36.9 Å². The lowest BCUT2D eigenvalue weighted by Crippen LogP contribution is -2.19. The monoisotopic (exact) mass is 547 g/mol. The summed E-state index contributed by atoms with van der Waals surface area (Å²) >= 11 is 0. The number of nitrogens with two attached hydrogens (primary N) is 1. The Hall–Kier alpha value is -5.56. The number of halogens is 1. The molecule has 0 unspecified atom stereocenters. The van der Waals surface area contributed by atoms with Crippen molar-refractivity contribution < 1.29 is 13.9 Å². The largest absolute Gasteiger partial charge is 0.424 e. The predicted molar refractivity (Wildman–Crippen MR) is 154 cm³/mol. The number of carbonyl (C=O) groups excluding carboxylic acids is 1. The summed E-state index contributed by atoms with van der Waals surface area (Å²) in [5, 5.41) is 13.3. The molecule has 3 N–H and O–H groups in total. The van der Waals surface area contributed by atoms with Gasteiger partial charge < -0.3 is 20.4 Å². The molecule has 0 spiro atoms. The Bertz CT molecular complexity index is 1870. The van der Waals surface area contributed by atoms with Gasteiger partial charge in [-0.25, -0.2) is 14.4 Å². The third-order valence-electron chi connectivity index (χ3n) is 6.81. The van der Waals surface area contributed by atoms with Crippen LogP contribution < -0.4 is 15.8 Å². The van der Waals surface area contributed by atoms with Crippen molar-refractivity contribution in [3.63, 3.8) is 0 Å². The van der Waals surface area contributed by atoms with Crippen molar-refractivity contribution in [2.45, 2.75) is 20.4 Å². The Morgan fingerprint density at radius 2 is 1.95 bits per heavy atom. The average Bonchev–Trinajstić information content (AvgIpc) is 3.28. The fraction of sp³-hybridized carbons (Fsp3) is 0.129. The van der Waals surface area contributed by atoms with E-state index in [0.717, 1.165) is 39.7 Å². The molecule has 0 aliphatic carbocycles. The summed E-state index contributed by atoms with van der Waals surface area (Å²) in [5.74, 6) is 0.00690. The maximum Gasteiger partial charge on any atom is 0.322 e. The molecule has 10 heteroatoms. The number of ether oxygens (including phenoxy) is 1. The van der Waals surface area contributed by atoms with Crippen molar-refractivity contribution in [2.24, 2.45) is 7.05 Å². The van der Waals surface area contributed by atoms with E-state index in [1.54, 1.807) is 12.1 Å². The van der Waals surface area contributed by atoms with Crippen LogP contribution in [0, 0.1) is 31.0 Å². The maximum atomic E-state index is 13.6. The summed E-state index contributed by atoms with van der Waals surface area (Å²) in [4.78, 5) is 23.9. The third kappa shape index (κ3) is 5.08. The number of fused-ring (bicyclic) bond motifs is 1. The molecule has 0 saturated heterocycles. The fourth-order valence-electron chi connectivity index (χ4n) is 4.82. The van der Waals surface area contributed by atoms with Gasteiger partial charge >= 0.3 is 6.01 Å². The highest BCUT2D eigenvalue weighted by Gasteiger charge is 2.24. The van der Waals surface area contributed by atoms with Gasteiger partial charge in [0.25, 0.3) is 0 Å². The van der Waals surface area contributed by atoms with Gasteiger partial charge in [0.2, 0.25) is 5.91 Å². The van der Waals surface area contributed by atoms with Crippen molar-refractivity contribution >= 4 is 22.6 Å². The predicted octanol–water partition coefficient (Wildman–Crippen LogP) is 5.50. The first-order valence-corrected chi connectivity index (χ1v) is 12.7. The van der Waals surface area contributed by atoms with E-state index in [1.807, 2.05) is 48.9 Å². The van der Waals surface area contributed by atoms with Gasteiger partial charge in [0.1, 0.15) is 17.6 Å². The van der Waals surface area contributed by atoms with Gasteiger partial charge in [0.05, 0.1) is 34.1 Å². The molecule has 9 nitrogen and oxygen atoms in total. The molecular formula is C31H26FN7O2. The van der Waals surface area contributed by atoms with E-state index in [2.05, 4.69) is 32.9 Å². The number of pyridine rings is 1. The number of hydrogen-bond acceptors (Lipinski definition) is 7. The fourth-order valence-corrected chi connectivity index (χ4v) is 4.82. The number of nitrogens with zero attached hydrogens (tertiary/aromatic N) is 5. The smallest absolute Gasteiger partial charge is 0.322 e. The molecular weight excluding hydrogens is 521 g/mol. The van der Waals surface area contributed by atoms with Crippen molar-refractivity contribution in [3.05, 3.63) is 95.7 Å². The zero-order valence-corrected chi connectivity index (χ0v) is 22.7. The van der Waals surface area contributed by atoms with Gasteiger partial charge in [0, 0.05) is 30.9 Å². The first-order valence-electron chi connectivity index (χ1n) is 12.7. The minimum absolute atomic E-state index is 0.0367. The van der Waals surface area contributed by atoms with Gasteiger partial charge in [0.15, 0.2) is 5.82 Å². The number of rotatable bonds is 7. The third-order valence-corrected chi connectivity index (χ3v) is 6.81. The van der Waals surface area contributed by atoms with E-state index in [4.69, 9.17) is 10.5 Å². The molecule has 0 aliphatic heterocycles. The Labute approximate surface area is 235 Å². The highest BCUT2D eigenvalue weighted by atomic mass is 19.1. The van der Waals surface area contributed by atoms with Crippen LogP contribution in [0.4, 0.5) is 10.2 Å². The number of nitrogen functional groups attached to an aromatic ring is 1. The molecule has 1 amide bonds. The second-order valence-corrected chi connectivity index (χ2v) is 9.46. The van der Waals surface area contributed by atoms with Crippen LogP contribution in [0.5, 0.6) is 11.8 Å². The normalized spacial score (nSPS) is 10.8. The Balaban J connectivity index is 1.64. The van der Waals surface area contributed by atoms with Crippen molar-refractivity contribution in [1.82, 2.24) is 24.8 Å². The van der Waals surface area contributed by atoms with Gasteiger partial charge in [-0.2, -0.15) is 10.2 Å². The van der Waals surface area contributed by atoms with Crippen LogP contribution in [0.2, 0.25) is 0 Å². The molecule has 5 aromatic rings. The van der Waals surface area contributed by atoms with E-state index < -0.39 is 5.82 Å². The first kappa shape index (κ1) is 27.0. The molecule has 5 rings (SSSR count). The second kappa shape index (κ2) is 10.9. The molecule has 0 saturated carbocycles. The van der Waals surface area contributed by atoms with Crippen molar-refractivity contribution in [2.75, 3.05) is 5.73 Å². The number of amides is 1. The number of anilines is 1. The first-order chi connectivity index (χ1) is 19.7. The SMILES string of the molecule is C=CC(=O)NCc1ccc(-c2c(-c3ccc(Oc4ncc(F)c(C)n4)cc3)c3c(N)ncc(C#N)c3n2C)c(C)c1. The maximum absolute atomic E-state index is 13.6. The summed E-state index contributed by atoms with van der Waals surface area (Å²) < 4.78 is 21.3. The van der Waals surface area contributed by atoms with Gasteiger partial charge in [-0.3, -0.25) is 4.79 Å². The van der Waals surface area contributed by atoms with Crippen LogP contribution in [0.25, 0.3) is 33.3 Å². The van der Waals surface area contributed by atoms with Crippen LogP contribution >= 0.6 is 0 Å². The van der Waals surface area contributed by atoms with Crippen LogP contribution in [0.15, 0.2) is 67.5 Å². The number of carbonyl (C=O) groups is 1. The number of aryl methyl sites for hydroxylation is 3. The molecule has 3 heterocycles. The van der Waals surface area contributed by atoms with E-state index >= 15 is 0 Å². The zero-order valence-electron chi connectivity index (χ0n) is 22.7. The van der Waals surface area contributed by atoms with Crippen molar-refractivity contribution in [3.8, 4) is 40.2 Å². The van der Waals surface area contributed by atoms with E-state index in [0.29, 0.717) is 34.6 Å². The molecule has 41 heavy (non-hydrogen) atoms. The molecule has 0 bridgehead atoms. The highest BCUT2D eigenvalue weighted by Crippen LogP contribution is 2.44. The minimum atomic E-state index is -0.510. The molecule has 0 aliphatic rings. The molecule has 3 aromatic heterocycles. The van der Waals surface area contributed by atoms with E-state index in [9.17, 15) is 14.4 Å². The quantitative estimate of drug-likeness (QED) is 0.257. The summed E-state index contributed by atoms with van der Waals surface area (Å²) in [7, 11) is 1.89. The molecule has 2 aromatic carbocycles. The molecule has 204 valence electrons. The summed E-state index contributed by atoms with van der Waals surface area (Å²) in [6, 6.07) is 15.5. The molecule has 0 fully saturated rings. The highest BCUT2D eigenvalue weighted by molar-refractivity contribution is 6.11. The Kier molecular flexibility index (Phi) is 7.18. The lowest BCUT2D eigenvalue weighted by Gasteiger charge is -2.14.